The molecule has 1 aliphatic heterocycles. The molecule has 0 aromatic heterocycles. The third kappa shape index (κ3) is 5.44. The first-order chi connectivity index (χ1) is 13.3. The third-order valence-corrected chi connectivity index (χ3v) is 5.10. The highest BCUT2D eigenvalue weighted by Crippen LogP contribution is 2.33. The molecule has 28 heavy (non-hydrogen) atoms. The molecule has 0 fully saturated rings. The first-order valence-corrected chi connectivity index (χ1v) is 9.43. The summed E-state index contributed by atoms with van der Waals surface area (Å²) in [6.45, 7) is 6.07. The molecule has 3 rings (SSSR count). The lowest BCUT2D eigenvalue weighted by atomic mass is 9.93. The number of rotatable bonds is 6. The van der Waals surface area contributed by atoms with Crippen LogP contribution in [0, 0.1) is 5.82 Å². The molecule has 0 atom stereocenters. The van der Waals surface area contributed by atoms with Gasteiger partial charge in [0.15, 0.2) is 5.75 Å². The SMILES string of the molecule is CNC.COc1cc(CCC(C)(C)N2Cc3ccc(F)cc3C2)ccc1OO. The van der Waals surface area contributed by atoms with E-state index in [2.05, 4.69) is 29.0 Å². The molecule has 1 heterocycles. The van der Waals surface area contributed by atoms with Crippen molar-refractivity contribution in [3.8, 4) is 11.5 Å². The standard InChI is InChI=1S/C20H24FNO3.C2H7N/c1-20(2,22-12-15-5-6-17(21)11-16(15)13-22)9-8-14-4-7-18(25-23)19(10-14)24-3;1-3-2/h4-7,10-11,23H,8-9,12-13H2,1-3H3;3H,1-2H3. The smallest absolute Gasteiger partial charge is 0.206 e. The molecule has 0 radical (unpaired) electrons. The van der Waals surface area contributed by atoms with E-state index in [-0.39, 0.29) is 11.4 Å². The molecule has 2 aromatic rings. The van der Waals surface area contributed by atoms with E-state index in [1.807, 2.05) is 32.3 Å². The summed E-state index contributed by atoms with van der Waals surface area (Å²) in [4.78, 5) is 6.69. The number of halogens is 1. The maximum atomic E-state index is 13.4. The minimum absolute atomic E-state index is 0.0190. The normalized spacial score (nSPS) is 13.5. The van der Waals surface area contributed by atoms with Gasteiger partial charge in [0.1, 0.15) is 5.82 Å². The van der Waals surface area contributed by atoms with Crippen molar-refractivity contribution in [3.05, 3.63) is 58.9 Å². The van der Waals surface area contributed by atoms with Gasteiger partial charge in [-0.05, 0) is 81.7 Å². The van der Waals surface area contributed by atoms with Gasteiger partial charge in [-0.3, -0.25) is 4.90 Å². The Morgan fingerprint density at radius 1 is 1.07 bits per heavy atom. The highest BCUT2D eigenvalue weighted by atomic mass is 19.1. The van der Waals surface area contributed by atoms with Gasteiger partial charge in [-0.25, -0.2) is 9.65 Å². The molecule has 0 spiro atoms. The first kappa shape index (κ1) is 22.1. The fourth-order valence-corrected chi connectivity index (χ4v) is 3.34. The Kier molecular flexibility index (Phi) is 7.80. The summed E-state index contributed by atoms with van der Waals surface area (Å²) in [5.41, 5.74) is 3.39. The molecular formula is C22H31FN2O3. The summed E-state index contributed by atoms with van der Waals surface area (Å²) < 4.78 is 18.7. The average molecular weight is 390 g/mol. The number of benzene rings is 2. The Morgan fingerprint density at radius 2 is 1.75 bits per heavy atom. The molecule has 0 bridgehead atoms. The second kappa shape index (κ2) is 9.87. The lowest BCUT2D eigenvalue weighted by Gasteiger charge is -2.35. The van der Waals surface area contributed by atoms with Gasteiger partial charge in [0.25, 0.3) is 0 Å². The first-order valence-electron chi connectivity index (χ1n) is 9.43. The van der Waals surface area contributed by atoms with Crippen LogP contribution < -0.4 is 14.9 Å². The minimum Gasteiger partial charge on any atom is -0.493 e. The van der Waals surface area contributed by atoms with Crippen LogP contribution in [0.5, 0.6) is 11.5 Å². The van der Waals surface area contributed by atoms with Crippen molar-refractivity contribution in [2.75, 3.05) is 21.2 Å². The zero-order chi connectivity index (χ0) is 20.7. The zero-order valence-corrected chi connectivity index (χ0v) is 17.4. The molecule has 0 amide bonds. The van der Waals surface area contributed by atoms with Crippen LogP contribution in [-0.4, -0.2) is 36.9 Å². The van der Waals surface area contributed by atoms with Crippen LogP contribution in [0.4, 0.5) is 4.39 Å². The average Bonchev–Trinajstić information content (AvgIpc) is 3.11. The Balaban J connectivity index is 0.000000878. The minimum atomic E-state index is -0.170. The summed E-state index contributed by atoms with van der Waals surface area (Å²) in [7, 11) is 5.30. The third-order valence-electron chi connectivity index (χ3n) is 5.10. The number of ether oxygens (including phenoxy) is 1. The summed E-state index contributed by atoms with van der Waals surface area (Å²) in [6, 6.07) is 10.6. The number of methoxy groups -OCH3 is 1. The largest absolute Gasteiger partial charge is 0.493 e. The number of fused-ring (bicyclic) bond motifs is 1. The van der Waals surface area contributed by atoms with Crippen LogP contribution in [0.25, 0.3) is 0 Å². The summed E-state index contributed by atoms with van der Waals surface area (Å²) in [5.74, 6) is 0.654. The molecule has 154 valence electrons. The Morgan fingerprint density at radius 3 is 2.39 bits per heavy atom. The highest BCUT2D eigenvalue weighted by Gasteiger charge is 2.31. The fraction of sp³-hybridized carbons (Fsp3) is 0.455. The van der Waals surface area contributed by atoms with Crippen LogP contribution in [0.15, 0.2) is 36.4 Å². The van der Waals surface area contributed by atoms with Crippen molar-refractivity contribution >= 4 is 0 Å². The van der Waals surface area contributed by atoms with Crippen molar-refractivity contribution in [3.63, 3.8) is 0 Å². The van der Waals surface area contributed by atoms with Crippen molar-refractivity contribution in [2.45, 2.75) is 45.3 Å². The highest BCUT2D eigenvalue weighted by molar-refractivity contribution is 5.42. The molecule has 1 aliphatic rings. The second-order valence-corrected chi connectivity index (χ2v) is 7.66. The van der Waals surface area contributed by atoms with E-state index in [1.165, 1.54) is 11.6 Å². The second-order valence-electron chi connectivity index (χ2n) is 7.66. The Bertz CT molecular complexity index is 780. The van der Waals surface area contributed by atoms with Gasteiger partial charge in [-0.2, -0.15) is 0 Å². The molecule has 6 heteroatoms. The lowest BCUT2D eigenvalue weighted by Crippen LogP contribution is -2.40. The Hall–Kier alpha value is -2.15. The summed E-state index contributed by atoms with van der Waals surface area (Å²) in [5, 5.41) is 11.6. The van der Waals surface area contributed by atoms with E-state index in [4.69, 9.17) is 9.99 Å². The van der Waals surface area contributed by atoms with E-state index in [9.17, 15) is 4.39 Å². The topological polar surface area (TPSA) is 54.0 Å². The molecule has 0 saturated heterocycles. The molecule has 2 aromatic carbocycles. The van der Waals surface area contributed by atoms with Gasteiger partial charge in [-0.15, -0.1) is 0 Å². The Labute approximate surface area is 167 Å². The van der Waals surface area contributed by atoms with Crippen LogP contribution in [0.1, 0.15) is 37.0 Å². The van der Waals surface area contributed by atoms with Crippen LogP contribution in [0.2, 0.25) is 0 Å². The summed E-state index contributed by atoms with van der Waals surface area (Å²) in [6.07, 6.45) is 1.82. The van der Waals surface area contributed by atoms with Gasteiger partial charge < -0.3 is 14.9 Å². The molecule has 0 saturated carbocycles. The van der Waals surface area contributed by atoms with E-state index in [0.29, 0.717) is 11.5 Å². The van der Waals surface area contributed by atoms with Crippen molar-refractivity contribution in [2.24, 2.45) is 0 Å². The van der Waals surface area contributed by atoms with Gasteiger partial charge in [0, 0.05) is 18.6 Å². The molecular weight excluding hydrogens is 359 g/mol. The van der Waals surface area contributed by atoms with Crippen LogP contribution in [-0.2, 0) is 19.5 Å². The van der Waals surface area contributed by atoms with Crippen LogP contribution in [0.3, 0.4) is 0 Å². The number of hydrogen-bond donors (Lipinski definition) is 2. The van der Waals surface area contributed by atoms with Crippen molar-refractivity contribution in [1.29, 1.82) is 0 Å². The monoisotopic (exact) mass is 390 g/mol. The predicted octanol–water partition coefficient (Wildman–Crippen LogP) is 4.25. The van der Waals surface area contributed by atoms with E-state index >= 15 is 0 Å². The van der Waals surface area contributed by atoms with E-state index in [0.717, 1.165) is 37.1 Å². The number of nitrogens with zero attached hydrogens (tertiary/aromatic N) is 1. The maximum absolute atomic E-state index is 13.4. The number of aryl methyl sites for hydroxylation is 1. The van der Waals surface area contributed by atoms with E-state index in [1.54, 1.807) is 19.2 Å². The zero-order valence-electron chi connectivity index (χ0n) is 17.4. The predicted molar refractivity (Wildman–Crippen MR) is 109 cm³/mol. The molecule has 2 N–H and O–H groups in total. The van der Waals surface area contributed by atoms with Gasteiger partial charge in [0.2, 0.25) is 5.75 Å². The van der Waals surface area contributed by atoms with Crippen LogP contribution >= 0.6 is 0 Å². The van der Waals surface area contributed by atoms with Gasteiger partial charge in [0.05, 0.1) is 7.11 Å². The van der Waals surface area contributed by atoms with Crippen molar-refractivity contribution < 1.29 is 19.3 Å². The number of nitrogens with one attached hydrogen (secondary N) is 1. The molecule has 5 nitrogen and oxygen atoms in total. The van der Waals surface area contributed by atoms with Gasteiger partial charge >= 0.3 is 0 Å². The fourth-order valence-electron chi connectivity index (χ4n) is 3.34. The van der Waals surface area contributed by atoms with E-state index < -0.39 is 0 Å². The number of hydrogen-bond acceptors (Lipinski definition) is 5. The summed E-state index contributed by atoms with van der Waals surface area (Å²) >= 11 is 0. The van der Waals surface area contributed by atoms with Gasteiger partial charge in [-0.1, -0.05) is 12.1 Å². The lowest BCUT2D eigenvalue weighted by molar-refractivity contribution is -0.139. The molecule has 0 aliphatic carbocycles. The van der Waals surface area contributed by atoms with Crippen molar-refractivity contribution in [1.82, 2.24) is 10.2 Å². The molecule has 0 unspecified atom stereocenters. The quantitative estimate of drug-likeness (QED) is 0.571. The maximum Gasteiger partial charge on any atom is 0.206 e.